The van der Waals surface area contributed by atoms with E-state index < -0.39 is 5.91 Å². The third-order valence-corrected chi connectivity index (χ3v) is 7.23. The molecule has 1 fully saturated rings. The Kier molecular flexibility index (Phi) is 6.19. The van der Waals surface area contributed by atoms with Gasteiger partial charge in [-0.1, -0.05) is 41.4 Å². The van der Waals surface area contributed by atoms with Gasteiger partial charge in [0, 0.05) is 25.2 Å². The molecule has 2 amide bonds. The Bertz CT molecular complexity index is 1040. The second-order valence-electron chi connectivity index (χ2n) is 7.78. The van der Waals surface area contributed by atoms with Crippen molar-refractivity contribution in [3.05, 3.63) is 45.4 Å². The third-order valence-electron chi connectivity index (χ3n) is 6.03. The average Bonchev–Trinajstić information content (AvgIpc) is 3.16. The number of rotatable bonds is 4. The number of amides is 2. The molecule has 1 atom stereocenters. The molecule has 1 unspecified atom stereocenters. The van der Waals surface area contributed by atoms with Gasteiger partial charge in [0.15, 0.2) is 0 Å². The lowest BCUT2D eigenvalue weighted by molar-refractivity contribution is -0.127. The number of piperidine rings is 1. The Balaban J connectivity index is 1.71. The molecule has 0 spiro atoms. The predicted molar refractivity (Wildman–Crippen MR) is 123 cm³/mol. The molecule has 164 valence electrons. The van der Waals surface area contributed by atoms with Gasteiger partial charge in [0.1, 0.15) is 17.1 Å². The molecule has 3 heterocycles. The van der Waals surface area contributed by atoms with Gasteiger partial charge < -0.3 is 16.0 Å². The number of nitrogens with one attached hydrogen (secondary N) is 1. The molecule has 2 aliphatic heterocycles. The summed E-state index contributed by atoms with van der Waals surface area (Å²) in [4.78, 5) is 26.1. The van der Waals surface area contributed by atoms with Crippen molar-refractivity contribution in [1.82, 2.24) is 14.7 Å². The van der Waals surface area contributed by atoms with Crippen LogP contribution in [0.25, 0.3) is 11.3 Å². The molecule has 3 N–H and O–H groups in total. The summed E-state index contributed by atoms with van der Waals surface area (Å²) in [7, 11) is 0. The summed E-state index contributed by atoms with van der Waals surface area (Å²) in [5.74, 6) is 0.294. The van der Waals surface area contributed by atoms with E-state index >= 15 is 0 Å². The highest BCUT2D eigenvalue weighted by atomic mass is 35.5. The first-order chi connectivity index (χ1) is 14.8. The van der Waals surface area contributed by atoms with Crippen LogP contribution in [0.4, 0.5) is 5.82 Å². The largest absolute Gasteiger partial charge is 0.370 e. The van der Waals surface area contributed by atoms with Crippen molar-refractivity contribution in [3.63, 3.8) is 0 Å². The van der Waals surface area contributed by atoms with Crippen molar-refractivity contribution in [2.45, 2.75) is 25.3 Å². The number of fused-ring (bicyclic) bond motifs is 1. The quantitative estimate of drug-likeness (QED) is 0.499. The van der Waals surface area contributed by atoms with E-state index in [1.54, 1.807) is 12.1 Å². The number of aromatic nitrogens is 2. The van der Waals surface area contributed by atoms with Crippen molar-refractivity contribution in [3.8, 4) is 11.3 Å². The van der Waals surface area contributed by atoms with Gasteiger partial charge >= 0.3 is 0 Å². The number of hydrogen-bond donors (Lipinski definition) is 2. The monoisotopic (exact) mass is 481 g/mol. The van der Waals surface area contributed by atoms with Gasteiger partial charge in [-0.25, -0.2) is 4.68 Å². The number of anilines is 1. The summed E-state index contributed by atoms with van der Waals surface area (Å²) in [6, 6.07) is 3.35. The topological polar surface area (TPSA) is 93.2 Å². The Hall–Kier alpha value is -2.22. The van der Waals surface area contributed by atoms with Gasteiger partial charge in [-0.05, 0) is 43.4 Å². The predicted octanol–water partition coefficient (Wildman–Crippen LogP) is 4.39. The molecule has 4 rings (SSSR count). The van der Waals surface area contributed by atoms with Crippen molar-refractivity contribution < 1.29 is 9.59 Å². The van der Waals surface area contributed by atoms with E-state index in [9.17, 15) is 9.59 Å². The lowest BCUT2D eigenvalue weighted by Crippen LogP contribution is -2.41. The summed E-state index contributed by atoms with van der Waals surface area (Å²) < 4.78 is 1.87. The minimum Gasteiger partial charge on any atom is -0.370 e. The van der Waals surface area contributed by atoms with Crippen LogP contribution in [0, 0.1) is 5.92 Å². The summed E-state index contributed by atoms with van der Waals surface area (Å²) >= 11 is 18.5. The smallest absolute Gasteiger partial charge is 0.254 e. The maximum atomic E-state index is 12.4. The zero-order chi connectivity index (χ0) is 22.3. The normalized spacial score (nSPS) is 18.9. The number of hydrogen-bond acceptors (Lipinski definition) is 4. The Morgan fingerprint density at radius 3 is 2.39 bits per heavy atom. The zero-order valence-corrected chi connectivity index (χ0v) is 19.0. The highest BCUT2D eigenvalue weighted by Gasteiger charge is 2.35. The molecule has 2 aliphatic rings. The van der Waals surface area contributed by atoms with Crippen LogP contribution in [0.2, 0.25) is 15.1 Å². The summed E-state index contributed by atoms with van der Waals surface area (Å²) in [5.41, 5.74) is 7.03. The minimum absolute atomic E-state index is 0.0432. The molecule has 1 aromatic heterocycles. The molecule has 10 heteroatoms. The van der Waals surface area contributed by atoms with Crippen molar-refractivity contribution in [1.29, 1.82) is 0 Å². The number of nitrogens with two attached hydrogens (primary N) is 1. The second-order valence-corrected chi connectivity index (χ2v) is 8.98. The van der Waals surface area contributed by atoms with Crippen LogP contribution in [-0.2, 0) is 4.79 Å². The van der Waals surface area contributed by atoms with E-state index in [4.69, 9.17) is 45.6 Å². The molecule has 0 saturated carbocycles. The van der Waals surface area contributed by atoms with Gasteiger partial charge in [-0.3, -0.25) is 9.59 Å². The van der Waals surface area contributed by atoms with Gasteiger partial charge in [-0.15, -0.1) is 0 Å². The number of nitrogens with zero attached hydrogens (tertiary/aromatic N) is 3. The van der Waals surface area contributed by atoms with Crippen LogP contribution in [0.3, 0.4) is 0 Å². The SMILES string of the molecule is C=CC(=O)N1CCC(C2CCNc3c(C(N)=O)c(-c4cc(Cl)c(Cl)c(Cl)c4)nn32)CC1. The van der Waals surface area contributed by atoms with Crippen LogP contribution in [-0.4, -0.2) is 46.1 Å². The lowest BCUT2D eigenvalue weighted by atomic mass is 9.87. The van der Waals surface area contributed by atoms with E-state index in [-0.39, 0.29) is 27.0 Å². The first-order valence-corrected chi connectivity index (χ1v) is 11.2. The first kappa shape index (κ1) is 22.0. The Morgan fingerprint density at radius 2 is 1.81 bits per heavy atom. The molecular formula is C21H22Cl3N5O2. The first-order valence-electron chi connectivity index (χ1n) is 10.0. The fraction of sp³-hybridized carbons (Fsp3) is 0.381. The molecule has 2 aromatic rings. The number of benzene rings is 1. The molecule has 0 aliphatic carbocycles. The summed E-state index contributed by atoms with van der Waals surface area (Å²) in [6.45, 7) is 5.61. The molecule has 1 aromatic carbocycles. The lowest BCUT2D eigenvalue weighted by Gasteiger charge is -2.38. The van der Waals surface area contributed by atoms with Crippen LogP contribution >= 0.6 is 34.8 Å². The second kappa shape index (κ2) is 8.73. The van der Waals surface area contributed by atoms with E-state index in [2.05, 4.69) is 11.9 Å². The van der Waals surface area contributed by atoms with Gasteiger partial charge in [-0.2, -0.15) is 5.10 Å². The fourth-order valence-electron chi connectivity index (χ4n) is 4.50. The fourth-order valence-corrected chi connectivity index (χ4v) is 5.10. The van der Waals surface area contributed by atoms with Crippen molar-refractivity contribution in [2.24, 2.45) is 11.7 Å². The van der Waals surface area contributed by atoms with E-state index in [0.29, 0.717) is 48.2 Å². The summed E-state index contributed by atoms with van der Waals surface area (Å²) in [6.07, 6.45) is 3.91. The maximum Gasteiger partial charge on any atom is 0.254 e. The highest BCUT2D eigenvalue weighted by molar-refractivity contribution is 6.48. The third kappa shape index (κ3) is 4.02. The van der Waals surface area contributed by atoms with Crippen LogP contribution < -0.4 is 11.1 Å². The number of halogens is 3. The number of carbonyl (C=O) groups excluding carboxylic acids is 2. The van der Waals surface area contributed by atoms with Crippen molar-refractivity contribution in [2.75, 3.05) is 25.0 Å². The van der Waals surface area contributed by atoms with Gasteiger partial charge in [0.25, 0.3) is 5.91 Å². The van der Waals surface area contributed by atoms with Crippen LogP contribution in [0.1, 0.15) is 35.7 Å². The molecule has 7 nitrogen and oxygen atoms in total. The van der Waals surface area contributed by atoms with E-state index in [1.165, 1.54) is 6.08 Å². The average molecular weight is 483 g/mol. The zero-order valence-electron chi connectivity index (χ0n) is 16.7. The van der Waals surface area contributed by atoms with E-state index in [1.807, 2.05) is 9.58 Å². The molecule has 31 heavy (non-hydrogen) atoms. The van der Waals surface area contributed by atoms with Crippen LogP contribution in [0.15, 0.2) is 24.8 Å². The number of primary amides is 1. The highest BCUT2D eigenvalue weighted by Crippen LogP contribution is 2.42. The molecule has 0 bridgehead atoms. The molecule has 1 saturated heterocycles. The molecule has 0 radical (unpaired) electrons. The van der Waals surface area contributed by atoms with Crippen LogP contribution in [0.5, 0.6) is 0 Å². The number of likely N-dealkylation sites (tertiary alicyclic amines) is 1. The maximum absolute atomic E-state index is 12.4. The minimum atomic E-state index is -0.585. The Morgan fingerprint density at radius 1 is 1.16 bits per heavy atom. The number of carbonyl (C=O) groups is 2. The van der Waals surface area contributed by atoms with Gasteiger partial charge in [0.2, 0.25) is 5.91 Å². The van der Waals surface area contributed by atoms with Gasteiger partial charge in [0.05, 0.1) is 21.1 Å². The van der Waals surface area contributed by atoms with E-state index in [0.717, 1.165) is 19.3 Å². The van der Waals surface area contributed by atoms with Crippen molar-refractivity contribution >= 4 is 52.4 Å². The Labute approximate surface area is 195 Å². The summed E-state index contributed by atoms with van der Waals surface area (Å²) in [5, 5.41) is 8.84. The molecular weight excluding hydrogens is 461 g/mol. The standard InChI is InChI=1S/C21H22Cl3N5O2/c1-2-16(30)28-7-4-11(5-8-28)15-3-6-26-21-17(20(25)31)19(27-29(15)21)12-9-13(22)18(24)14(23)10-12/h2,9-11,15,26H,1,3-8H2,(H2,25,31).